The minimum absolute atomic E-state index is 0.0891. The van der Waals surface area contributed by atoms with Gasteiger partial charge < -0.3 is 5.32 Å². The highest BCUT2D eigenvalue weighted by Gasteiger charge is 2.40. The number of carbonyl (C=O) groups excluding carboxylic acids is 2. The number of carbonyl (C=O) groups is 2. The molecule has 4 aromatic carbocycles. The van der Waals surface area contributed by atoms with Crippen molar-refractivity contribution in [3.8, 4) is 11.1 Å². The van der Waals surface area contributed by atoms with Gasteiger partial charge in [-0.25, -0.2) is 31.4 Å². The molecule has 1 fully saturated rings. The van der Waals surface area contributed by atoms with E-state index in [4.69, 9.17) is 10.1 Å². The molecule has 0 radical (unpaired) electrons. The first-order chi connectivity index (χ1) is 21.4. The number of amidine groups is 1. The van der Waals surface area contributed by atoms with Crippen molar-refractivity contribution in [1.29, 1.82) is 0 Å². The van der Waals surface area contributed by atoms with Gasteiger partial charge in [0.05, 0.1) is 21.2 Å². The van der Waals surface area contributed by atoms with E-state index in [9.17, 15) is 30.8 Å². The highest BCUT2D eigenvalue weighted by molar-refractivity contribution is 8.15. The van der Waals surface area contributed by atoms with Crippen molar-refractivity contribution in [3.63, 3.8) is 0 Å². The number of sulfone groups is 1. The number of primary sulfonamides is 1. The van der Waals surface area contributed by atoms with Gasteiger partial charge in [0.15, 0.2) is 15.0 Å². The molecule has 1 atom stereocenters. The van der Waals surface area contributed by atoms with E-state index in [1.165, 1.54) is 29.2 Å². The van der Waals surface area contributed by atoms with Gasteiger partial charge in [-0.05, 0) is 54.1 Å². The molecule has 1 aliphatic rings. The standard InChI is InChI=1S/C31H27FN4O6S3/c32-22-13-15-24(16-14-22)44(39,40)18-17-36-30(38)28(20-29(37)34-23-9-6-10-25(19-23)45(33,41)42)43-31(36)35-27-12-5-4-11-26(27)21-7-2-1-3-8-21/h1-16,19,28H,17-18,20H2,(H,34,37)(H2,33,41,42). The molecule has 2 amide bonds. The van der Waals surface area contributed by atoms with Crippen LogP contribution in [0.15, 0.2) is 118 Å². The minimum atomic E-state index is -4.00. The first kappa shape index (κ1) is 32.0. The molecule has 232 valence electrons. The van der Waals surface area contributed by atoms with Crippen molar-refractivity contribution in [2.45, 2.75) is 21.5 Å². The maximum atomic E-state index is 13.6. The largest absolute Gasteiger partial charge is 0.326 e. The lowest BCUT2D eigenvalue weighted by atomic mass is 10.0. The average molecular weight is 667 g/mol. The Bertz CT molecular complexity index is 1990. The van der Waals surface area contributed by atoms with E-state index in [0.717, 1.165) is 47.2 Å². The molecule has 10 nitrogen and oxygen atoms in total. The summed E-state index contributed by atoms with van der Waals surface area (Å²) in [5.41, 5.74) is 2.38. The van der Waals surface area contributed by atoms with Crippen molar-refractivity contribution in [2.24, 2.45) is 10.1 Å². The molecule has 0 bridgehead atoms. The van der Waals surface area contributed by atoms with Crippen LogP contribution in [0.3, 0.4) is 0 Å². The van der Waals surface area contributed by atoms with Gasteiger partial charge in [0, 0.05) is 24.2 Å². The zero-order valence-electron chi connectivity index (χ0n) is 23.5. The second-order valence-corrected chi connectivity index (χ2v) is 14.8. The Morgan fingerprint density at radius 1 is 0.889 bits per heavy atom. The van der Waals surface area contributed by atoms with E-state index >= 15 is 0 Å². The third kappa shape index (κ3) is 7.84. The molecule has 0 aromatic heterocycles. The fourth-order valence-electron chi connectivity index (χ4n) is 4.57. The number of aliphatic imine (C=N–C) groups is 1. The molecule has 45 heavy (non-hydrogen) atoms. The number of thioether (sulfide) groups is 1. The summed E-state index contributed by atoms with van der Waals surface area (Å²) in [5.74, 6) is -2.14. The van der Waals surface area contributed by atoms with Gasteiger partial charge in [0.25, 0.3) is 0 Å². The van der Waals surface area contributed by atoms with Gasteiger partial charge in [0.2, 0.25) is 21.8 Å². The van der Waals surface area contributed by atoms with E-state index < -0.39 is 48.5 Å². The van der Waals surface area contributed by atoms with Gasteiger partial charge in [-0.15, -0.1) is 0 Å². The molecule has 14 heteroatoms. The SMILES string of the molecule is NS(=O)(=O)c1cccc(NC(=O)CC2SC(=Nc3ccccc3-c3ccccc3)N(CCS(=O)(=O)c3ccc(F)cc3)C2=O)c1. The molecular weight excluding hydrogens is 640 g/mol. The number of hydrogen-bond acceptors (Lipinski definition) is 8. The third-order valence-electron chi connectivity index (χ3n) is 6.80. The Morgan fingerprint density at radius 2 is 1.58 bits per heavy atom. The molecule has 1 saturated heterocycles. The second kappa shape index (κ2) is 13.3. The lowest BCUT2D eigenvalue weighted by Gasteiger charge is -2.17. The summed E-state index contributed by atoms with van der Waals surface area (Å²) in [5, 5.41) is 7.04. The molecule has 5 rings (SSSR count). The summed E-state index contributed by atoms with van der Waals surface area (Å²) in [6.45, 7) is -0.258. The topological polar surface area (TPSA) is 156 Å². The van der Waals surface area contributed by atoms with Gasteiger partial charge >= 0.3 is 0 Å². The number of nitrogens with two attached hydrogens (primary N) is 1. The van der Waals surface area contributed by atoms with Crippen LogP contribution in [0.1, 0.15) is 6.42 Å². The maximum Gasteiger partial charge on any atom is 0.242 e. The molecule has 1 heterocycles. The van der Waals surface area contributed by atoms with Crippen LogP contribution in [0.2, 0.25) is 0 Å². The number of halogens is 1. The zero-order chi connectivity index (χ0) is 32.2. The van der Waals surface area contributed by atoms with Gasteiger partial charge in [-0.3, -0.25) is 14.5 Å². The molecule has 3 N–H and O–H groups in total. The molecule has 0 saturated carbocycles. The van der Waals surface area contributed by atoms with E-state index in [1.807, 2.05) is 42.5 Å². The minimum Gasteiger partial charge on any atom is -0.326 e. The summed E-state index contributed by atoms with van der Waals surface area (Å²) in [4.78, 5) is 32.3. The maximum absolute atomic E-state index is 13.6. The number of para-hydroxylation sites is 1. The molecular formula is C31H27FN4O6S3. The summed E-state index contributed by atoms with van der Waals surface area (Å²) in [7, 11) is -7.90. The Labute approximate surface area is 264 Å². The number of amides is 2. The third-order valence-corrected chi connectivity index (χ3v) is 10.6. The van der Waals surface area contributed by atoms with Crippen LogP contribution in [0, 0.1) is 5.82 Å². The monoisotopic (exact) mass is 666 g/mol. The number of hydrogen-bond donors (Lipinski definition) is 2. The first-order valence-electron chi connectivity index (χ1n) is 13.5. The number of rotatable bonds is 10. The molecule has 4 aromatic rings. The van der Waals surface area contributed by atoms with Crippen LogP contribution in [-0.4, -0.2) is 56.3 Å². The Morgan fingerprint density at radius 3 is 2.29 bits per heavy atom. The van der Waals surface area contributed by atoms with E-state index in [0.29, 0.717) is 5.69 Å². The van der Waals surface area contributed by atoms with Crippen molar-refractivity contribution in [1.82, 2.24) is 4.90 Å². The number of benzene rings is 4. The average Bonchev–Trinajstić information content (AvgIpc) is 3.29. The first-order valence-corrected chi connectivity index (χ1v) is 17.6. The lowest BCUT2D eigenvalue weighted by Crippen LogP contribution is -2.36. The van der Waals surface area contributed by atoms with Crippen LogP contribution < -0.4 is 10.5 Å². The Hall–Kier alpha value is -4.37. The fourth-order valence-corrected chi connectivity index (χ4v) is 7.52. The number of nitrogens with one attached hydrogen (secondary N) is 1. The fraction of sp³-hybridized carbons (Fsp3) is 0.129. The summed E-state index contributed by atoms with van der Waals surface area (Å²) in [6.07, 6.45) is -0.302. The normalized spacial score (nSPS) is 16.2. The van der Waals surface area contributed by atoms with Crippen LogP contribution in [0.25, 0.3) is 11.1 Å². The van der Waals surface area contributed by atoms with E-state index in [2.05, 4.69) is 5.32 Å². The van der Waals surface area contributed by atoms with Gasteiger partial charge in [-0.2, -0.15) is 0 Å². The summed E-state index contributed by atoms with van der Waals surface area (Å²) < 4.78 is 62.9. The highest BCUT2D eigenvalue weighted by atomic mass is 32.2. The van der Waals surface area contributed by atoms with Crippen molar-refractivity contribution >= 4 is 60.0 Å². The summed E-state index contributed by atoms with van der Waals surface area (Å²) in [6, 6.07) is 26.6. The quantitative estimate of drug-likeness (QED) is 0.235. The number of sulfonamides is 1. The number of anilines is 1. The van der Waals surface area contributed by atoms with Crippen LogP contribution >= 0.6 is 11.8 Å². The van der Waals surface area contributed by atoms with E-state index in [1.54, 1.807) is 12.1 Å². The van der Waals surface area contributed by atoms with Crippen molar-refractivity contribution in [2.75, 3.05) is 17.6 Å². The smallest absolute Gasteiger partial charge is 0.242 e. The zero-order valence-corrected chi connectivity index (χ0v) is 26.0. The molecule has 1 unspecified atom stereocenters. The molecule has 0 aliphatic carbocycles. The molecule has 0 spiro atoms. The van der Waals surface area contributed by atoms with E-state index in [-0.39, 0.29) is 33.6 Å². The van der Waals surface area contributed by atoms with Crippen molar-refractivity contribution in [3.05, 3.63) is 109 Å². The van der Waals surface area contributed by atoms with Gasteiger partial charge in [-0.1, -0.05) is 66.4 Å². The number of nitrogens with zero attached hydrogens (tertiary/aromatic N) is 2. The second-order valence-electron chi connectivity index (χ2n) is 9.97. The van der Waals surface area contributed by atoms with Crippen LogP contribution in [-0.2, 0) is 29.4 Å². The van der Waals surface area contributed by atoms with Gasteiger partial charge in [0.1, 0.15) is 11.1 Å². The Kier molecular flexibility index (Phi) is 9.48. The Balaban J connectivity index is 1.42. The van der Waals surface area contributed by atoms with Crippen LogP contribution in [0.5, 0.6) is 0 Å². The lowest BCUT2D eigenvalue weighted by molar-refractivity contribution is -0.128. The summed E-state index contributed by atoms with van der Waals surface area (Å²) >= 11 is 1.03. The molecule has 1 aliphatic heterocycles. The predicted molar refractivity (Wildman–Crippen MR) is 172 cm³/mol. The highest BCUT2D eigenvalue weighted by Crippen LogP contribution is 2.36. The predicted octanol–water partition coefficient (Wildman–Crippen LogP) is 4.57. The van der Waals surface area contributed by atoms with Crippen molar-refractivity contribution < 1.29 is 30.8 Å². The van der Waals surface area contributed by atoms with Crippen LogP contribution in [0.4, 0.5) is 15.8 Å².